The number of carbonyl (C=O) groups is 2. The summed E-state index contributed by atoms with van der Waals surface area (Å²) in [6.07, 6.45) is 1.71. The molecule has 1 aliphatic rings. The molecule has 86 valence electrons. The van der Waals surface area contributed by atoms with Crippen LogP contribution in [0.4, 0.5) is 0 Å². The Bertz CT molecular complexity index is 235. The molecule has 1 fully saturated rings. The van der Waals surface area contributed by atoms with Gasteiger partial charge in [-0.15, -0.1) is 0 Å². The zero-order valence-electron chi connectivity index (χ0n) is 9.21. The standard InChI is InChI=1S/C10H18N2O3/c1-7(2)15-9(13)6-12-10(14)8-4-3-5-11-8/h7-8,11H,3-6H2,1-2H3,(H,12,14)/t8-/m0/s1. The second-order valence-electron chi connectivity index (χ2n) is 3.91. The van der Waals surface area contributed by atoms with E-state index in [-0.39, 0.29) is 24.6 Å². The summed E-state index contributed by atoms with van der Waals surface area (Å²) in [7, 11) is 0. The van der Waals surface area contributed by atoms with Crippen LogP contribution in [0.3, 0.4) is 0 Å². The van der Waals surface area contributed by atoms with Gasteiger partial charge in [0.2, 0.25) is 5.91 Å². The van der Waals surface area contributed by atoms with Crippen LogP contribution >= 0.6 is 0 Å². The molecule has 5 nitrogen and oxygen atoms in total. The molecule has 1 heterocycles. The highest BCUT2D eigenvalue weighted by molar-refractivity contribution is 5.85. The van der Waals surface area contributed by atoms with E-state index in [1.165, 1.54) is 0 Å². The van der Waals surface area contributed by atoms with E-state index in [4.69, 9.17) is 4.74 Å². The fourth-order valence-corrected chi connectivity index (χ4v) is 1.50. The summed E-state index contributed by atoms with van der Waals surface area (Å²) in [5.74, 6) is -0.510. The second kappa shape index (κ2) is 5.70. The molecule has 2 N–H and O–H groups in total. The molecule has 5 heteroatoms. The third-order valence-corrected chi connectivity index (χ3v) is 2.15. The van der Waals surface area contributed by atoms with E-state index < -0.39 is 5.97 Å². The normalized spacial score (nSPS) is 20.3. The van der Waals surface area contributed by atoms with Gasteiger partial charge >= 0.3 is 5.97 Å². The predicted octanol–water partition coefficient (Wildman–Crippen LogP) is -0.194. The van der Waals surface area contributed by atoms with Crippen LogP contribution in [0.2, 0.25) is 0 Å². The molecule has 0 bridgehead atoms. The Morgan fingerprint density at radius 3 is 2.80 bits per heavy atom. The Morgan fingerprint density at radius 1 is 1.53 bits per heavy atom. The lowest BCUT2D eigenvalue weighted by Crippen LogP contribution is -2.42. The maximum absolute atomic E-state index is 11.5. The van der Waals surface area contributed by atoms with Crippen LogP contribution < -0.4 is 10.6 Å². The molecule has 0 saturated carbocycles. The Labute approximate surface area is 89.6 Å². The maximum Gasteiger partial charge on any atom is 0.325 e. The number of rotatable bonds is 4. The zero-order chi connectivity index (χ0) is 11.3. The number of esters is 1. The fraction of sp³-hybridized carbons (Fsp3) is 0.800. The molecule has 0 unspecified atom stereocenters. The van der Waals surface area contributed by atoms with Crippen molar-refractivity contribution in [1.29, 1.82) is 0 Å². The summed E-state index contributed by atoms with van der Waals surface area (Å²) in [6.45, 7) is 4.38. The van der Waals surface area contributed by atoms with Crippen molar-refractivity contribution in [2.45, 2.75) is 38.8 Å². The molecule has 0 aromatic heterocycles. The highest BCUT2D eigenvalue weighted by atomic mass is 16.5. The number of ether oxygens (including phenoxy) is 1. The Kier molecular flexibility index (Phi) is 4.55. The van der Waals surface area contributed by atoms with Gasteiger partial charge in [-0.1, -0.05) is 0 Å². The molecule has 1 atom stereocenters. The first-order chi connectivity index (χ1) is 7.09. The van der Waals surface area contributed by atoms with Crippen molar-refractivity contribution in [1.82, 2.24) is 10.6 Å². The van der Waals surface area contributed by atoms with Crippen molar-refractivity contribution in [2.24, 2.45) is 0 Å². The van der Waals surface area contributed by atoms with Crippen molar-refractivity contribution in [3.05, 3.63) is 0 Å². The molecule has 1 rings (SSSR count). The fourth-order valence-electron chi connectivity index (χ4n) is 1.50. The van der Waals surface area contributed by atoms with Crippen molar-refractivity contribution < 1.29 is 14.3 Å². The Morgan fingerprint density at radius 2 is 2.27 bits per heavy atom. The van der Waals surface area contributed by atoms with Crippen LogP contribution in [0, 0.1) is 0 Å². The van der Waals surface area contributed by atoms with Crippen LogP contribution in [-0.4, -0.2) is 37.1 Å². The average Bonchev–Trinajstić information content (AvgIpc) is 2.65. The minimum atomic E-state index is -0.392. The summed E-state index contributed by atoms with van der Waals surface area (Å²) in [5, 5.41) is 5.61. The SMILES string of the molecule is CC(C)OC(=O)CNC(=O)[C@@H]1CCCN1. The molecule has 0 aromatic rings. The lowest BCUT2D eigenvalue weighted by molar-refractivity contribution is -0.147. The largest absolute Gasteiger partial charge is 0.462 e. The van der Waals surface area contributed by atoms with Crippen LogP contribution in [0.1, 0.15) is 26.7 Å². The second-order valence-corrected chi connectivity index (χ2v) is 3.91. The molecule has 0 aromatic carbocycles. The smallest absolute Gasteiger partial charge is 0.325 e. The van der Waals surface area contributed by atoms with Gasteiger partial charge in [0.15, 0.2) is 0 Å². The van der Waals surface area contributed by atoms with Gasteiger partial charge in [-0.3, -0.25) is 9.59 Å². The van der Waals surface area contributed by atoms with Crippen molar-refractivity contribution in [2.75, 3.05) is 13.1 Å². The maximum atomic E-state index is 11.5. The van der Waals surface area contributed by atoms with Crippen molar-refractivity contribution in [3.8, 4) is 0 Å². The van der Waals surface area contributed by atoms with Gasteiger partial charge in [0.25, 0.3) is 0 Å². The lowest BCUT2D eigenvalue weighted by atomic mass is 10.2. The van der Waals surface area contributed by atoms with Gasteiger partial charge in [0.05, 0.1) is 12.1 Å². The number of hydrogen-bond donors (Lipinski definition) is 2. The highest BCUT2D eigenvalue weighted by Crippen LogP contribution is 2.04. The molecule has 1 saturated heterocycles. The summed E-state index contributed by atoms with van der Waals surface area (Å²) >= 11 is 0. The first-order valence-electron chi connectivity index (χ1n) is 5.30. The Balaban J connectivity index is 2.18. The van der Waals surface area contributed by atoms with E-state index in [1.807, 2.05) is 0 Å². The molecule has 0 radical (unpaired) electrons. The average molecular weight is 214 g/mol. The van der Waals surface area contributed by atoms with E-state index in [0.717, 1.165) is 19.4 Å². The van der Waals surface area contributed by atoms with E-state index in [9.17, 15) is 9.59 Å². The molecule has 1 amide bonds. The van der Waals surface area contributed by atoms with Gasteiger partial charge in [0, 0.05) is 0 Å². The molecular formula is C10H18N2O3. The lowest BCUT2D eigenvalue weighted by Gasteiger charge is -2.11. The van der Waals surface area contributed by atoms with E-state index >= 15 is 0 Å². The van der Waals surface area contributed by atoms with Crippen LogP contribution in [0.15, 0.2) is 0 Å². The van der Waals surface area contributed by atoms with Gasteiger partial charge < -0.3 is 15.4 Å². The monoisotopic (exact) mass is 214 g/mol. The van der Waals surface area contributed by atoms with Crippen LogP contribution in [-0.2, 0) is 14.3 Å². The summed E-state index contributed by atoms with van der Waals surface area (Å²) in [6, 6.07) is -0.142. The van der Waals surface area contributed by atoms with E-state index in [1.54, 1.807) is 13.8 Å². The van der Waals surface area contributed by atoms with Gasteiger partial charge in [0.1, 0.15) is 6.54 Å². The molecular weight excluding hydrogens is 196 g/mol. The highest BCUT2D eigenvalue weighted by Gasteiger charge is 2.22. The predicted molar refractivity (Wildman–Crippen MR) is 55.3 cm³/mol. The van der Waals surface area contributed by atoms with Crippen LogP contribution in [0.25, 0.3) is 0 Å². The molecule has 1 aliphatic heterocycles. The summed E-state index contributed by atoms with van der Waals surface area (Å²) < 4.78 is 4.89. The topological polar surface area (TPSA) is 67.4 Å². The minimum absolute atomic E-state index is 0.0464. The van der Waals surface area contributed by atoms with Crippen molar-refractivity contribution >= 4 is 11.9 Å². The van der Waals surface area contributed by atoms with Gasteiger partial charge in [-0.05, 0) is 33.2 Å². The minimum Gasteiger partial charge on any atom is -0.462 e. The van der Waals surface area contributed by atoms with Gasteiger partial charge in [-0.2, -0.15) is 0 Å². The number of amides is 1. The third kappa shape index (κ3) is 4.29. The quantitative estimate of drug-likeness (QED) is 0.636. The summed E-state index contributed by atoms with van der Waals surface area (Å²) in [4.78, 5) is 22.6. The molecule has 0 aliphatic carbocycles. The molecule has 15 heavy (non-hydrogen) atoms. The number of carbonyl (C=O) groups excluding carboxylic acids is 2. The number of nitrogens with one attached hydrogen (secondary N) is 2. The first-order valence-corrected chi connectivity index (χ1v) is 5.30. The van der Waals surface area contributed by atoms with Crippen LogP contribution in [0.5, 0.6) is 0 Å². The van der Waals surface area contributed by atoms with Crippen molar-refractivity contribution in [3.63, 3.8) is 0 Å². The number of hydrogen-bond acceptors (Lipinski definition) is 4. The zero-order valence-corrected chi connectivity index (χ0v) is 9.21. The third-order valence-electron chi connectivity index (χ3n) is 2.15. The Hall–Kier alpha value is -1.10. The van der Waals surface area contributed by atoms with E-state index in [2.05, 4.69) is 10.6 Å². The van der Waals surface area contributed by atoms with Gasteiger partial charge in [-0.25, -0.2) is 0 Å². The molecule has 0 spiro atoms. The van der Waals surface area contributed by atoms with E-state index in [0.29, 0.717) is 0 Å². The summed E-state index contributed by atoms with van der Waals surface area (Å²) in [5.41, 5.74) is 0. The first kappa shape index (κ1) is 12.0.